The fourth-order valence-electron chi connectivity index (χ4n) is 3.84. The summed E-state index contributed by atoms with van der Waals surface area (Å²) in [5, 5.41) is 0. The van der Waals surface area contributed by atoms with E-state index in [9.17, 15) is 17.6 Å². The molecule has 0 spiro atoms. The third-order valence-corrected chi connectivity index (χ3v) is 7.02. The summed E-state index contributed by atoms with van der Waals surface area (Å²) >= 11 is 0. The van der Waals surface area contributed by atoms with Crippen molar-refractivity contribution in [3.8, 4) is 0 Å². The fraction of sp³-hybridized carbons (Fsp3) is 0.500. The minimum Gasteiger partial charge on any atom is -0.211 e. The molecule has 5 heteroatoms. The van der Waals surface area contributed by atoms with Gasteiger partial charge in [-0.1, -0.05) is 53.7 Å². The van der Waals surface area contributed by atoms with Gasteiger partial charge in [0, 0.05) is 0 Å². The molecule has 2 rings (SSSR count). The first-order valence-electron chi connectivity index (χ1n) is 9.87. The van der Waals surface area contributed by atoms with E-state index in [0.717, 1.165) is 18.2 Å². The van der Waals surface area contributed by atoms with Crippen molar-refractivity contribution in [2.45, 2.75) is 60.1 Å². The van der Waals surface area contributed by atoms with Crippen LogP contribution in [0.1, 0.15) is 65.0 Å². The molecule has 0 heterocycles. The molecule has 0 saturated heterocycles. The molecule has 0 radical (unpaired) electrons. The Hall–Kier alpha value is -1.91. The number of allylic oxidation sites excluding steroid dienone is 6. The maximum Gasteiger partial charge on any atom is 0.416 e. The molecule has 0 N–H and O–H groups in total. The number of alkyl halides is 3. The number of hydrogen-bond donors (Lipinski definition) is 0. The Morgan fingerprint density at radius 2 is 1.48 bits per heavy atom. The molecule has 0 fully saturated rings. The highest BCUT2D eigenvalue weighted by atomic mass is 19.4. The highest BCUT2D eigenvalue weighted by molar-refractivity contribution is 5.45. The number of benzene rings is 1. The Labute approximate surface area is 170 Å². The van der Waals surface area contributed by atoms with Gasteiger partial charge in [-0.3, -0.25) is 0 Å². The topological polar surface area (TPSA) is 0 Å². The normalized spacial score (nSPS) is 20.6. The summed E-state index contributed by atoms with van der Waals surface area (Å²) in [5.41, 5.74) is -0.714. The van der Waals surface area contributed by atoms with Crippen LogP contribution in [0.3, 0.4) is 0 Å². The van der Waals surface area contributed by atoms with Gasteiger partial charge in [0.25, 0.3) is 0 Å². The second kappa shape index (κ2) is 8.08. The smallest absolute Gasteiger partial charge is 0.211 e. The lowest BCUT2D eigenvalue weighted by Gasteiger charge is -2.48. The predicted molar refractivity (Wildman–Crippen MR) is 108 cm³/mol. The fourth-order valence-corrected chi connectivity index (χ4v) is 3.84. The number of rotatable bonds is 5. The molecule has 0 saturated carbocycles. The minimum atomic E-state index is -4.47. The van der Waals surface area contributed by atoms with Crippen LogP contribution in [-0.2, 0) is 6.18 Å². The third kappa shape index (κ3) is 4.49. The Morgan fingerprint density at radius 3 is 1.93 bits per heavy atom. The summed E-state index contributed by atoms with van der Waals surface area (Å²) in [6, 6.07) is 4.19. The molecule has 0 amide bonds. The summed E-state index contributed by atoms with van der Waals surface area (Å²) in [6.45, 7) is 12.4. The van der Waals surface area contributed by atoms with E-state index in [1.54, 1.807) is 0 Å². The van der Waals surface area contributed by atoms with Gasteiger partial charge in [0.15, 0.2) is 0 Å². The Kier molecular flexibility index (Phi) is 6.51. The maximum atomic E-state index is 15.2. The highest BCUT2D eigenvalue weighted by Gasteiger charge is 2.44. The lowest BCUT2D eigenvalue weighted by atomic mass is 9.56. The predicted octanol–water partition coefficient (Wildman–Crippen LogP) is 8.53. The molecule has 1 aliphatic carbocycles. The molecule has 160 valence electrons. The summed E-state index contributed by atoms with van der Waals surface area (Å²) < 4.78 is 68.3. The monoisotopic (exact) mass is 412 g/mol. The van der Waals surface area contributed by atoms with Crippen LogP contribution in [0.2, 0.25) is 0 Å². The molecule has 1 aliphatic rings. The molecule has 0 bridgehead atoms. The maximum absolute atomic E-state index is 15.2. The van der Waals surface area contributed by atoms with Gasteiger partial charge in [-0.05, 0) is 64.7 Å². The van der Waals surface area contributed by atoms with Gasteiger partial charge >= 0.3 is 6.18 Å². The van der Waals surface area contributed by atoms with Crippen molar-refractivity contribution in [1.29, 1.82) is 0 Å². The molecule has 0 aromatic heterocycles. The van der Waals surface area contributed by atoms with E-state index in [1.807, 2.05) is 13.8 Å². The summed E-state index contributed by atoms with van der Waals surface area (Å²) in [4.78, 5) is 0. The Bertz CT molecular complexity index is 822. The van der Waals surface area contributed by atoms with Gasteiger partial charge < -0.3 is 0 Å². The van der Waals surface area contributed by atoms with Gasteiger partial charge in [-0.15, -0.1) is 0 Å². The van der Waals surface area contributed by atoms with E-state index in [0.29, 0.717) is 12.0 Å². The Morgan fingerprint density at radius 1 is 0.931 bits per heavy atom. The number of hydrogen-bond acceptors (Lipinski definition) is 0. The largest absolute Gasteiger partial charge is 0.416 e. The molecule has 1 aromatic rings. The van der Waals surface area contributed by atoms with E-state index in [1.165, 1.54) is 24.3 Å². The third-order valence-electron chi connectivity index (χ3n) is 7.02. The van der Waals surface area contributed by atoms with Crippen molar-refractivity contribution in [2.24, 2.45) is 16.7 Å². The summed E-state index contributed by atoms with van der Waals surface area (Å²) in [6.07, 6.45) is 0.0553. The summed E-state index contributed by atoms with van der Waals surface area (Å²) in [7, 11) is 0. The van der Waals surface area contributed by atoms with Gasteiger partial charge in [0.05, 0.1) is 11.5 Å². The van der Waals surface area contributed by atoms with Gasteiger partial charge in [-0.25, -0.2) is 8.78 Å². The van der Waals surface area contributed by atoms with Crippen LogP contribution in [0, 0.1) is 16.7 Å². The van der Waals surface area contributed by atoms with Crippen molar-refractivity contribution in [3.05, 3.63) is 70.8 Å². The summed E-state index contributed by atoms with van der Waals surface area (Å²) in [5.74, 6) is -1.96. The second-order valence-corrected chi connectivity index (χ2v) is 8.84. The zero-order valence-corrected chi connectivity index (χ0v) is 17.8. The lowest BCUT2D eigenvalue weighted by Crippen LogP contribution is -2.40. The second-order valence-electron chi connectivity index (χ2n) is 8.84. The number of halogens is 5. The highest BCUT2D eigenvalue weighted by Crippen LogP contribution is 2.53. The zero-order chi connectivity index (χ0) is 22.2. The van der Waals surface area contributed by atoms with E-state index in [4.69, 9.17) is 0 Å². The molecule has 0 aliphatic heterocycles. The van der Waals surface area contributed by atoms with Crippen molar-refractivity contribution in [2.75, 3.05) is 0 Å². The van der Waals surface area contributed by atoms with Crippen LogP contribution in [0.4, 0.5) is 22.0 Å². The van der Waals surface area contributed by atoms with Crippen LogP contribution in [0.5, 0.6) is 0 Å². The molecule has 1 aromatic carbocycles. The van der Waals surface area contributed by atoms with Gasteiger partial charge in [0.1, 0.15) is 11.7 Å². The van der Waals surface area contributed by atoms with E-state index < -0.39 is 34.7 Å². The van der Waals surface area contributed by atoms with Gasteiger partial charge in [0.2, 0.25) is 0 Å². The average Bonchev–Trinajstić information content (AvgIpc) is 2.78. The zero-order valence-electron chi connectivity index (χ0n) is 17.8. The molecule has 2 unspecified atom stereocenters. The Balaban J connectivity index is 2.50. The van der Waals surface area contributed by atoms with Crippen molar-refractivity contribution in [1.82, 2.24) is 0 Å². The SMILES string of the molecule is CCC(C)(C1=CC(F)=CC(c2ccc(C(F)(F)F)cc2)C(F)=C1)C(C)(C)C(C)C. The molecule has 2 atom stereocenters. The minimum absolute atomic E-state index is 0.237. The first-order valence-corrected chi connectivity index (χ1v) is 9.87. The van der Waals surface area contributed by atoms with Crippen molar-refractivity contribution >= 4 is 0 Å². The van der Waals surface area contributed by atoms with Crippen LogP contribution < -0.4 is 0 Å². The van der Waals surface area contributed by atoms with E-state index in [2.05, 4.69) is 27.7 Å². The molecule has 29 heavy (non-hydrogen) atoms. The van der Waals surface area contributed by atoms with E-state index in [-0.39, 0.29) is 16.9 Å². The average molecular weight is 412 g/mol. The standard InChI is InChI=1S/C24H29F5/c1-7-23(6,22(4,5)15(2)3)18-12-19(25)14-20(21(26)13-18)16-8-10-17(11-9-16)24(27,28)29/h8-15,20H,7H2,1-6H3. The lowest BCUT2D eigenvalue weighted by molar-refractivity contribution is -0.137. The molecular formula is C24H29F5. The van der Waals surface area contributed by atoms with Crippen molar-refractivity contribution in [3.63, 3.8) is 0 Å². The van der Waals surface area contributed by atoms with Gasteiger partial charge in [-0.2, -0.15) is 13.2 Å². The first-order chi connectivity index (χ1) is 13.2. The van der Waals surface area contributed by atoms with Crippen LogP contribution in [-0.4, -0.2) is 0 Å². The molecular weight excluding hydrogens is 383 g/mol. The van der Waals surface area contributed by atoms with Crippen molar-refractivity contribution < 1.29 is 22.0 Å². The van der Waals surface area contributed by atoms with Crippen LogP contribution in [0.25, 0.3) is 0 Å². The van der Waals surface area contributed by atoms with E-state index >= 15 is 4.39 Å². The molecule has 0 nitrogen and oxygen atoms in total. The quantitative estimate of drug-likeness (QED) is 0.425. The first kappa shape index (κ1) is 23.4. The van der Waals surface area contributed by atoms with Crippen LogP contribution >= 0.6 is 0 Å². The van der Waals surface area contributed by atoms with Crippen LogP contribution in [0.15, 0.2) is 59.7 Å².